The van der Waals surface area contributed by atoms with Crippen molar-refractivity contribution in [2.45, 2.75) is 25.9 Å². The molecule has 0 spiro atoms. The molecule has 0 saturated heterocycles. The lowest BCUT2D eigenvalue weighted by Crippen LogP contribution is -2.05. The van der Waals surface area contributed by atoms with Crippen LogP contribution in [0.25, 0.3) is 10.8 Å². The highest BCUT2D eigenvalue weighted by molar-refractivity contribution is 7.10. The molecular formula is C18H18OS. The summed E-state index contributed by atoms with van der Waals surface area (Å²) in [7, 11) is 0. The molecule has 0 amide bonds. The Kier molecular flexibility index (Phi) is 4.03. The molecule has 1 unspecified atom stereocenters. The van der Waals surface area contributed by atoms with Crippen LogP contribution in [0.3, 0.4) is 0 Å². The Morgan fingerprint density at radius 2 is 1.85 bits per heavy atom. The maximum absolute atomic E-state index is 6.32. The molecule has 1 heterocycles. The van der Waals surface area contributed by atoms with Gasteiger partial charge in [-0.25, -0.2) is 0 Å². The molecule has 2 heteroatoms. The molecule has 0 fully saturated rings. The summed E-state index contributed by atoms with van der Waals surface area (Å²) in [6.07, 6.45) is 2.32. The van der Waals surface area contributed by atoms with Crippen LogP contribution in [0.1, 0.15) is 30.7 Å². The van der Waals surface area contributed by atoms with Crippen molar-refractivity contribution in [3.63, 3.8) is 0 Å². The Morgan fingerprint density at radius 3 is 2.65 bits per heavy atom. The van der Waals surface area contributed by atoms with Crippen LogP contribution in [0.15, 0.2) is 60.0 Å². The van der Waals surface area contributed by atoms with Crippen LogP contribution in [0.5, 0.6) is 5.75 Å². The summed E-state index contributed by atoms with van der Waals surface area (Å²) in [5, 5.41) is 4.53. The van der Waals surface area contributed by atoms with Gasteiger partial charge in [-0.05, 0) is 29.3 Å². The molecule has 0 N–H and O–H groups in total. The third kappa shape index (κ3) is 2.70. The molecule has 0 aliphatic carbocycles. The quantitative estimate of drug-likeness (QED) is 0.572. The number of rotatable bonds is 5. The number of thiophene rings is 1. The molecule has 0 aliphatic rings. The van der Waals surface area contributed by atoms with Gasteiger partial charge in [-0.2, -0.15) is 0 Å². The molecule has 0 aliphatic heterocycles. The fraction of sp³-hybridized carbons (Fsp3) is 0.222. The van der Waals surface area contributed by atoms with E-state index >= 15 is 0 Å². The summed E-state index contributed by atoms with van der Waals surface area (Å²) in [5.41, 5.74) is 0. The Bertz CT molecular complexity index is 667. The highest BCUT2D eigenvalue weighted by Crippen LogP contribution is 2.33. The molecule has 1 aromatic heterocycles. The summed E-state index contributed by atoms with van der Waals surface area (Å²) in [6, 6.07) is 18.9. The van der Waals surface area contributed by atoms with Crippen molar-refractivity contribution in [3.8, 4) is 5.75 Å². The van der Waals surface area contributed by atoms with Crippen molar-refractivity contribution in [1.82, 2.24) is 0 Å². The smallest absolute Gasteiger partial charge is 0.133 e. The number of fused-ring (bicyclic) bond motifs is 1. The van der Waals surface area contributed by atoms with Gasteiger partial charge in [0.25, 0.3) is 0 Å². The highest BCUT2D eigenvalue weighted by atomic mass is 32.1. The summed E-state index contributed by atoms with van der Waals surface area (Å²) >= 11 is 1.77. The van der Waals surface area contributed by atoms with Crippen LogP contribution in [0, 0.1) is 0 Å². The van der Waals surface area contributed by atoms with E-state index in [9.17, 15) is 0 Å². The van der Waals surface area contributed by atoms with E-state index < -0.39 is 0 Å². The zero-order valence-corrected chi connectivity index (χ0v) is 12.4. The Hall–Kier alpha value is -1.80. The van der Waals surface area contributed by atoms with Crippen molar-refractivity contribution in [2.75, 3.05) is 0 Å². The zero-order chi connectivity index (χ0) is 13.8. The first-order valence-corrected chi connectivity index (χ1v) is 7.94. The van der Waals surface area contributed by atoms with Gasteiger partial charge in [-0.3, -0.25) is 0 Å². The molecule has 1 atom stereocenters. The zero-order valence-electron chi connectivity index (χ0n) is 11.6. The van der Waals surface area contributed by atoms with Crippen molar-refractivity contribution < 1.29 is 4.74 Å². The summed E-state index contributed by atoms with van der Waals surface area (Å²) in [6.45, 7) is 2.20. The fourth-order valence-electron chi connectivity index (χ4n) is 2.45. The van der Waals surface area contributed by atoms with Crippen molar-refractivity contribution in [1.29, 1.82) is 0 Å². The summed E-state index contributed by atoms with van der Waals surface area (Å²) in [4.78, 5) is 1.31. The molecule has 102 valence electrons. The molecule has 0 saturated carbocycles. The molecule has 20 heavy (non-hydrogen) atoms. The topological polar surface area (TPSA) is 9.23 Å². The van der Waals surface area contributed by atoms with Crippen molar-refractivity contribution in [3.05, 3.63) is 64.9 Å². The van der Waals surface area contributed by atoms with Crippen LogP contribution in [0.2, 0.25) is 0 Å². The normalized spacial score (nSPS) is 12.4. The first kappa shape index (κ1) is 13.2. The second kappa shape index (κ2) is 6.10. The van der Waals surface area contributed by atoms with E-state index in [0.717, 1.165) is 18.6 Å². The van der Waals surface area contributed by atoms with E-state index in [1.807, 2.05) is 0 Å². The maximum atomic E-state index is 6.32. The molecule has 0 bridgehead atoms. The van der Waals surface area contributed by atoms with Gasteiger partial charge in [-0.15, -0.1) is 11.3 Å². The van der Waals surface area contributed by atoms with Crippen molar-refractivity contribution >= 4 is 22.1 Å². The van der Waals surface area contributed by atoms with Crippen LogP contribution < -0.4 is 4.74 Å². The second-order valence-corrected chi connectivity index (χ2v) is 5.87. The first-order chi connectivity index (χ1) is 9.88. The molecule has 2 aromatic carbocycles. The lowest BCUT2D eigenvalue weighted by atomic mass is 10.1. The van der Waals surface area contributed by atoms with Gasteiger partial charge in [0.05, 0.1) is 0 Å². The molecular weight excluding hydrogens is 264 g/mol. The van der Waals surface area contributed by atoms with Gasteiger partial charge in [-0.1, -0.05) is 55.8 Å². The molecule has 0 radical (unpaired) electrons. The Morgan fingerprint density at radius 1 is 1.00 bits per heavy atom. The monoisotopic (exact) mass is 282 g/mol. The average molecular weight is 282 g/mol. The van der Waals surface area contributed by atoms with Gasteiger partial charge in [0.1, 0.15) is 11.9 Å². The SMILES string of the molecule is CCCC(Oc1cccc2ccccc12)c1cccs1. The Balaban J connectivity index is 1.94. The number of hydrogen-bond donors (Lipinski definition) is 0. The van der Waals surface area contributed by atoms with E-state index in [4.69, 9.17) is 4.74 Å². The standard InChI is InChI=1S/C18H18OS/c1-2-7-17(18-12-6-13-20-18)19-16-11-5-9-14-8-3-4-10-15(14)16/h3-6,8-13,17H,2,7H2,1H3. The van der Waals surface area contributed by atoms with Crippen molar-refractivity contribution in [2.24, 2.45) is 0 Å². The van der Waals surface area contributed by atoms with Gasteiger partial charge >= 0.3 is 0 Å². The highest BCUT2D eigenvalue weighted by Gasteiger charge is 2.14. The predicted octanol–water partition coefficient (Wildman–Crippen LogP) is 5.82. The molecule has 1 nitrogen and oxygen atoms in total. The maximum Gasteiger partial charge on any atom is 0.133 e. The van der Waals surface area contributed by atoms with Crippen LogP contribution in [-0.2, 0) is 0 Å². The van der Waals surface area contributed by atoms with Crippen LogP contribution in [-0.4, -0.2) is 0 Å². The molecule has 3 aromatic rings. The average Bonchev–Trinajstić information content (AvgIpc) is 3.01. The lowest BCUT2D eigenvalue weighted by molar-refractivity contribution is 0.200. The number of ether oxygens (including phenoxy) is 1. The summed E-state index contributed by atoms with van der Waals surface area (Å²) in [5.74, 6) is 0.981. The fourth-order valence-corrected chi connectivity index (χ4v) is 3.24. The second-order valence-electron chi connectivity index (χ2n) is 4.89. The van der Waals surface area contributed by atoms with Gasteiger partial charge < -0.3 is 4.74 Å². The number of hydrogen-bond acceptors (Lipinski definition) is 2. The minimum atomic E-state index is 0.158. The third-order valence-electron chi connectivity index (χ3n) is 3.43. The van der Waals surface area contributed by atoms with E-state index in [2.05, 4.69) is 66.9 Å². The van der Waals surface area contributed by atoms with Crippen LogP contribution in [0.4, 0.5) is 0 Å². The predicted molar refractivity (Wildman–Crippen MR) is 86.5 cm³/mol. The van der Waals surface area contributed by atoms with E-state index in [1.165, 1.54) is 15.6 Å². The Labute approximate surface area is 123 Å². The largest absolute Gasteiger partial charge is 0.484 e. The van der Waals surface area contributed by atoms with E-state index in [0.29, 0.717) is 0 Å². The number of benzene rings is 2. The van der Waals surface area contributed by atoms with E-state index in [1.54, 1.807) is 11.3 Å². The lowest BCUT2D eigenvalue weighted by Gasteiger charge is -2.18. The minimum absolute atomic E-state index is 0.158. The minimum Gasteiger partial charge on any atom is -0.484 e. The van der Waals surface area contributed by atoms with Gasteiger partial charge in [0.2, 0.25) is 0 Å². The van der Waals surface area contributed by atoms with E-state index in [-0.39, 0.29) is 6.10 Å². The third-order valence-corrected chi connectivity index (χ3v) is 4.39. The molecule has 3 rings (SSSR count). The van der Waals surface area contributed by atoms with Crippen LogP contribution >= 0.6 is 11.3 Å². The first-order valence-electron chi connectivity index (χ1n) is 7.06. The van der Waals surface area contributed by atoms with Gasteiger partial charge in [0.15, 0.2) is 0 Å². The van der Waals surface area contributed by atoms with Gasteiger partial charge in [0, 0.05) is 10.3 Å². The summed E-state index contributed by atoms with van der Waals surface area (Å²) < 4.78 is 6.32.